The number of hydrogen-bond donors (Lipinski definition) is 2. The van der Waals surface area contributed by atoms with Crippen LogP contribution in [0.4, 0.5) is 0 Å². The maximum Gasteiger partial charge on any atom is 0.337 e. The Labute approximate surface area is 365 Å². The first-order chi connectivity index (χ1) is 29.4. The molecule has 0 saturated heterocycles. The van der Waals surface area contributed by atoms with Crippen LogP contribution in [0.2, 0.25) is 10.3 Å². The molecule has 0 amide bonds. The molecule has 2 aromatic carbocycles. The number of ether oxygens (including phenoxy) is 4. The first-order valence-corrected chi connectivity index (χ1v) is 19.7. The second-order valence-electron chi connectivity index (χ2n) is 15.5. The van der Waals surface area contributed by atoms with E-state index in [0.717, 1.165) is 16.7 Å². The number of benzene rings is 2. The summed E-state index contributed by atoms with van der Waals surface area (Å²) in [5.74, 6) is -2.59. The molecule has 8 rings (SSSR count). The number of nitrogens with zero attached hydrogens (tertiary/aromatic N) is 4. The van der Waals surface area contributed by atoms with Crippen molar-refractivity contribution in [1.82, 2.24) is 19.9 Å². The van der Waals surface area contributed by atoms with Crippen LogP contribution in [-0.4, -0.2) is 68.2 Å². The van der Waals surface area contributed by atoms with Crippen LogP contribution in [0.25, 0.3) is 22.5 Å². The standard InChI is InChI=1S/C24H21ClN2O5.C22H17ClN2O5/c1-24(2,23(29)31-4)19-15-9-11-17(13-5-7-14(8-6-13)22(28)30-3)26-20(15)32-21-16(19)10-12-18(25)27-21;1-22(2,21(28)29)17-13-7-9-15(11-3-5-12(6-4-11)20(26)27)24-18(13)30-19-14(17)8-10-16(23)25-19/h5-12,19H,1-4H3;3-10,17H,1-2H3,(H,26,27)(H,28,29). The molecule has 4 aromatic heterocycles. The number of carbonyl (C=O) groups excluding carboxylic acids is 2. The average Bonchev–Trinajstić information content (AvgIpc) is 3.26. The van der Waals surface area contributed by atoms with Crippen molar-refractivity contribution in [2.24, 2.45) is 10.8 Å². The van der Waals surface area contributed by atoms with Gasteiger partial charge in [0.25, 0.3) is 0 Å². The van der Waals surface area contributed by atoms with E-state index in [1.165, 1.54) is 26.4 Å². The molecule has 6 heterocycles. The van der Waals surface area contributed by atoms with Crippen LogP contribution < -0.4 is 9.47 Å². The number of methoxy groups -OCH3 is 2. The van der Waals surface area contributed by atoms with Gasteiger partial charge >= 0.3 is 23.9 Å². The molecule has 6 aromatic rings. The molecule has 2 N–H and O–H groups in total. The molecule has 0 aliphatic carbocycles. The zero-order valence-corrected chi connectivity index (χ0v) is 35.6. The fraction of sp³-hybridized carbons (Fsp3) is 0.217. The summed E-state index contributed by atoms with van der Waals surface area (Å²) in [7, 11) is 2.70. The van der Waals surface area contributed by atoms with Crippen molar-refractivity contribution in [1.29, 1.82) is 0 Å². The SMILES string of the molecule is CC(C)(C(=O)O)C1c2ccc(Cl)nc2Oc2nc(-c3ccc(C(=O)O)cc3)ccc21.COC(=O)c1ccc(-c2ccc3c(n2)Oc2nc(Cl)ccc2C3C(C)(C)C(=O)OC)cc1. The van der Waals surface area contributed by atoms with Gasteiger partial charge in [-0.25, -0.2) is 29.5 Å². The Kier molecular flexibility index (Phi) is 11.8. The fourth-order valence-corrected chi connectivity index (χ4v) is 7.82. The van der Waals surface area contributed by atoms with Crippen LogP contribution >= 0.6 is 23.2 Å². The number of carboxylic acids is 2. The quantitative estimate of drug-likeness (QED) is 0.108. The fourth-order valence-electron chi connectivity index (χ4n) is 7.54. The minimum absolute atomic E-state index is 0.170. The van der Waals surface area contributed by atoms with Gasteiger partial charge < -0.3 is 29.2 Å². The zero-order chi connectivity index (χ0) is 44.7. The molecule has 0 radical (unpaired) electrons. The number of esters is 2. The summed E-state index contributed by atoms with van der Waals surface area (Å²) in [6, 6.07) is 27.3. The Morgan fingerprint density at radius 2 is 0.919 bits per heavy atom. The lowest BCUT2D eigenvalue weighted by atomic mass is 9.71. The highest BCUT2D eigenvalue weighted by atomic mass is 35.5. The van der Waals surface area contributed by atoms with E-state index in [1.54, 1.807) is 80.6 Å². The Balaban J connectivity index is 0.000000187. The van der Waals surface area contributed by atoms with Crippen molar-refractivity contribution in [2.45, 2.75) is 39.5 Å². The minimum Gasteiger partial charge on any atom is -0.481 e. The lowest BCUT2D eigenvalue weighted by Gasteiger charge is -2.36. The Hall–Kier alpha value is -6.90. The number of pyridine rings is 4. The summed E-state index contributed by atoms with van der Waals surface area (Å²) in [4.78, 5) is 65.2. The summed E-state index contributed by atoms with van der Waals surface area (Å²) in [5, 5.41) is 19.4. The second kappa shape index (κ2) is 16.9. The molecule has 16 heteroatoms. The van der Waals surface area contributed by atoms with Gasteiger partial charge in [0.1, 0.15) is 10.3 Å². The number of fused-ring (bicyclic) bond motifs is 4. The number of aliphatic carboxylic acids is 1. The largest absolute Gasteiger partial charge is 0.481 e. The lowest BCUT2D eigenvalue weighted by molar-refractivity contribution is -0.151. The summed E-state index contributed by atoms with van der Waals surface area (Å²) >= 11 is 12.1. The molecule has 2 atom stereocenters. The molecule has 0 fully saturated rings. The third kappa shape index (κ3) is 8.14. The van der Waals surface area contributed by atoms with Gasteiger partial charge in [0, 0.05) is 45.2 Å². The Morgan fingerprint density at radius 3 is 1.31 bits per heavy atom. The number of aromatic nitrogens is 4. The van der Waals surface area contributed by atoms with E-state index >= 15 is 0 Å². The maximum absolute atomic E-state index is 12.7. The molecule has 2 aliphatic heterocycles. The van der Waals surface area contributed by atoms with Gasteiger partial charge in [0.2, 0.25) is 23.5 Å². The molecular formula is C46H38Cl2N4O10. The molecule has 62 heavy (non-hydrogen) atoms. The molecule has 0 spiro atoms. The van der Waals surface area contributed by atoms with Crippen LogP contribution in [-0.2, 0) is 19.1 Å². The summed E-state index contributed by atoms with van der Waals surface area (Å²) in [6.07, 6.45) is 0. The van der Waals surface area contributed by atoms with Crippen molar-refractivity contribution in [3.05, 3.63) is 141 Å². The number of carbonyl (C=O) groups is 4. The smallest absolute Gasteiger partial charge is 0.337 e. The van der Waals surface area contributed by atoms with Crippen LogP contribution in [0.1, 0.15) is 82.5 Å². The van der Waals surface area contributed by atoms with Crippen molar-refractivity contribution >= 4 is 47.1 Å². The molecule has 0 saturated carbocycles. The normalized spacial score (nSPS) is 14.8. The van der Waals surface area contributed by atoms with E-state index in [-0.39, 0.29) is 33.6 Å². The molecule has 14 nitrogen and oxygen atoms in total. The van der Waals surface area contributed by atoms with E-state index in [9.17, 15) is 24.3 Å². The van der Waals surface area contributed by atoms with Crippen LogP contribution in [0.15, 0.2) is 97.1 Å². The number of carboxylic acid groups (broad SMARTS) is 2. The predicted octanol–water partition coefficient (Wildman–Crippen LogP) is 9.86. The van der Waals surface area contributed by atoms with Gasteiger partial charge in [-0.05, 0) is 88.4 Å². The van der Waals surface area contributed by atoms with Gasteiger partial charge in [-0.15, -0.1) is 0 Å². The maximum atomic E-state index is 12.7. The predicted molar refractivity (Wildman–Crippen MR) is 227 cm³/mol. The van der Waals surface area contributed by atoms with E-state index < -0.39 is 40.6 Å². The van der Waals surface area contributed by atoms with Crippen LogP contribution in [0.5, 0.6) is 23.5 Å². The highest BCUT2D eigenvalue weighted by Crippen LogP contribution is 2.53. The highest BCUT2D eigenvalue weighted by molar-refractivity contribution is 6.29. The van der Waals surface area contributed by atoms with E-state index in [4.69, 9.17) is 47.3 Å². The van der Waals surface area contributed by atoms with E-state index in [2.05, 4.69) is 19.9 Å². The number of halogens is 2. The third-order valence-corrected chi connectivity index (χ3v) is 11.3. The van der Waals surface area contributed by atoms with Gasteiger partial charge in [-0.2, -0.15) is 0 Å². The van der Waals surface area contributed by atoms with Gasteiger partial charge in [0.15, 0.2) is 0 Å². The summed E-state index contributed by atoms with van der Waals surface area (Å²) < 4.78 is 21.7. The van der Waals surface area contributed by atoms with Gasteiger partial charge in [-0.3, -0.25) is 9.59 Å². The van der Waals surface area contributed by atoms with E-state index in [0.29, 0.717) is 45.4 Å². The number of rotatable bonds is 8. The monoisotopic (exact) mass is 876 g/mol. The average molecular weight is 878 g/mol. The van der Waals surface area contributed by atoms with Gasteiger partial charge in [-0.1, -0.05) is 59.6 Å². The third-order valence-electron chi connectivity index (χ3n) is 10.9. The minimum atomic E-state index is -1.16. The van der Waals surface area contributed by atoms with Crippen LogP contribution in [0.3, 0.4) is 0 Å². The van der Waals surface area contributed by atoms with Crippen molar-refractivity contribution in [3.63, 3.8) is 0 Å². The molecule has 316 valence electrons. The van der Waals surface area contributed by atoms with Crippen molar-refractivity contribution < 1.29 is 48.3 Å². The van der Waals surface area contributed by atoms with Crippen LogP contribution in [0, 0.1) is 10.8 Å². The van der Waals surface area contributed by atoms with E-state index in [1.807, 2.05) is 32.0 Å². The summed E-state index contributed by atoms with van der Waals surface area (Å²) in [5.41, 5.74) is 3.96. The van der Waals surface area contributed by atoms with Crippen molar-refractivity contribution in [3.8, 4) is 46.0 Å². The molecule has 2 aliphatic rings. The highest BCUT2D eigenvalue weighted by Gasteiger charge is 2.46. The zero-order valence-electron chi connectivity index (χ0n) is 34.1. The Morgan fingerprint density at radius 1 is 0.532 bits per heavy atom. The first kappa shape index (κ1) is 43.2. The molecule has 2 unspecified atom stereocenters. The topological polar surface area (TPSA) is 197 Å². The molecule has 0 bridgehead atoms. The summed E-state index contributed by atoms with van der Waals surface area (Å²) in [6.45, 7) is 6.92. The Bertz CT molecular complexity index is 2760. The second-order valence-corrected chi connectivity index (χ2v) is 16.3. The van der Waals surface area contributed by atoms with Crippen molar-refractivity contribution in [2.75, 3.05) is 14.2 Å². The lowest BCUT2D eigenvalue weighted by Crippen LogP contribution is -2.35. The number of hydrogen-bond acceptors (Lipinski definition) is 12. The first-order valence-electron chi connectivity index (χ1n) is 19.0. The molecular weight excluding hydrogens is 839 g/mol. The van der Waals surface area contributed by atoms with Gasteiger partial charge in [0.05, 0.1) is 47.6 Å². The number of aromatic carboxylic acids is 1.